The highest BCUT2D eigenvalue weighted by molar-refractivity contribution is 9.09. The molecule has 0 aromatic rings. The van der Waals surface area contributed by atoms with E-state index in [1.807, 2.05) is 13.8 Å². The molecule has 0 aliphatic heterocycles. The van der Waals surface area contributed by atoms with Crippen LogP contribution in [0.4, 0.5) is 0 Å². The average Bonchev–Trinajstić information content (AvgIpc) is 2.64. The summed E-state index contributed by atoms with van der Waals surface area (Å²) < 4.78 is 0. The first-order chi connectivity index (χ1) is 8.20. The summed E-state index contributed by atoms with van der Waals surface area (Å²) in [6, 6.07) is 0. The number of halogens is 1. The van der Waals surface area contributed by atoms with Crippen molar-refractivity contribution in [2.45, 2.75) is 63.0 Å². The van der Waals surface area contributed by atoms with Gasteiger partial charge in [-0.3, -0.25) is 0 Å². The van der Waals surface area contributed by atoms with E-state index in [1.54, 1.807) is 0 Å². The van der Waals surface area contributed by atoms with Gasteiger partial charge in [-0.15, -0.1) is 0 Å². The van der Waals surface area contributed by atoms with E-state index in [-0.39, 0.29) is 17.3 Å². The lowest BCUT2D eigenvalue weighted by molar-refractivity contribution is -0.106. The quantitative estimate of drug-likeness (QED) is 0.606. The topological polar surface area (TPSA) is 40.5 Å². The summed E-state index contributed by atoms with van der Waals surface area (Å²) in [4.78, 5) is 0.442. The minimum absolute atomic E-state index is 0.0862. The van der Waals surface area contributed by atoms with E-state index in [0.717, 1.165) is 31.3 Å². The fraction of sp³-hybridized carbons (Fsp3) is 0.867. The number of fused-ring (bicyclic) bond motifs is 1. The van der Waals surface area contributed by atoms with Crippen molar-refractivity contribution in [2.24, 2.45) is 17.3 Å². The van der Waals surface area contributed by atoms with Gasteiger partial charge in [-0.1, -0.05) is 35.0 Å². The van der Waals surface area contributed by atoms with Crippen LogP contribution < -0.4 is 0 Å². The fourth-order valence-electron chi connectivity index (χ4n) is 4.42. The van der Waals surface area contributed by atoms with E-state index in [2.05, 4.69) is 29.4 Å². The highest BCUT2D eigenvalue weighted by Gasteiger charge is 2.59. The van der Waals surface area contributed by atoms with Crippen molar-refractivity contribution in [2.75, 3.05) is 0 Å². The van der Waals surface area contributed by atoms with Crippen molar-refractivity contribution in [3.63, 3.8) is 0 Å². The van der Waals surface area contributed by atoms with Gasteiger partial charge in [0.25, 0.3) is 0 Å². The molecule has 18 heavy (non-hydrogen) atoms. The summed E-state index contributed by atoms with van der Waals surface area (Å²) in [5.41, 5.74) is 0.233. The Kier molecular flexibility index (Phi) is 3.72. The minimum Gasteiger partial charge on any atom is -0.390 e. The Hall–Kier alpha value is 0.140. The van der Waals surface area contributed by atoms with Crippen molar-refractivity contribution < 1.29 is 10.2 Å². The number of hydrogen-bond donors (Lipinski definition) is 2. The number of rotatable bonds is 2. The van der Waals surface area contributed by atoms with Gasteiger partial charge in [0.05, 0.1) is 11.7 Å². The molecule has 2 nitrogen and oxygen atoms in total. The van der Waals surface area contributed by atoms with Gasteiger partial charge < -0.3 is 10.2 Å². The molecule has 0 heterocycles. The summed E-state index contributed by atoms with van der Waals surface area (Å²) in [6.45, 7) is 9.96. The standard InChI is InChI=1S/C15H25BrO2/c1-9(2)12(17)10-5-7-14(3)11(16)6-8-15(4,18)13(10)14/h10-13,17-18H,1,5-8H2,2-4H3/t10-,11-,12+,13?,14+,15+/m0/s1. The molecule has 6 atom stereocenters. The van der Waals surface area contributed by atoms with Crippen LogP contribution in [0.1, 0.15) is 46.5 Å². The SMILES string of the molecule is C=C(C)[C@@H](O)[C@@H]1CC[C@@]2(C)C1[C@](C)(O)CC[C@@H]2Br. The molecule has 0 radical (unpaired) electrons. The molecule has 2 N–H and O–H groups in total. The highest BCUT2D eigenvalue weighted by Crippen LogP contribution is 2.61. The monoisotopic (exact) mass is 316 g/mol. The first kappa shape index (κ1) is 14.5. The van der Waals surface area contributed by atoms with Gasteiger partial charge >= 0.3 is 0 Å². The largest absolute Gasteiger partial charge is 0.390 e. The fourth-order valence-corrected chi connectivity index (χ4v) is 5.16. The Balaban J connectivity index is 2.35. The first-order valence-corrected chi connectivity index (χ1v) is 7.81. The maximum absolute atomic E-state index is 10.8. The van der Waals surface area contributed by atoms with E-state index in [0.29, 0.717) is 4.83 Å². The summed E-state index contributed by atoms with van der Waals surface area (Å²) >= 11 is 3.80. The molecular formula is C15H25BrO2. The third-order valence-corrected chi connectivity index (χ3v) is 6.86. The molecule has 2 aliphatic rings. The summed E-state index contributed by atoms with van der Waals surface area (Å²) in [6.07, 6.45) is 3.38. The van der Waals surface area contributed by atoms with Crippen LogP contribution in [0.3, 0.4) is 0 Å². The van der Waals surface area contributed by atoms with Crippen LogP contribution in [0.5, 0.6) is 0 Å². The molecule has 1 unspecified atom stereocenters. The van der Waals surface area contributed by atoms with Crippen LogP contribution in [0.25, 0.3) is 0 Å². The lowest BCUT2D eigenvalue weighted by atomic mass is 9.59. The van der Waals surface area contributed by atoms with E-state index >= 15 is 0 Å². The van der Waals surface area contributed by atoms with Gasteiger partial charge in [-0.05, 0) is 56.8 Å². The molecule has 0 bridgehead atoms. The zero-order chi connectivity index (χ0) is 13.7. The van der Waals surface area contributed by atoms with Crippen molar-refractivity contribution in [1.82, 2.24) is 0 Å². The molecule has 0 amide bonds. The van der Waals surface area contributed by atoms with Crippen LogP contribution in [0.15, 0.2) is 12.2 Å². The molecule has 3 heteroatoms. The van der Waals surface area contributed by atoms with Gasteiger partial charge in [0.1, 0.15) is 0 Å². The van der Waals surface area contributed by atoms with Crippen LogP contribution in [0, 0.1) is 17.3 Å². The number of alkyl halides is 1. The van der Waals surface area contributed by atoms with E-state index < -0.39 is 11.7 Å². The molecule has 104 valence electrons. The second-order valence-electron chi connectivity index (χ2n) is 6.84. The Bertz CT molecular complexity index is 352. The summed E-state index contributed by atoms with van der Waals surface area (Å²) in [5.74, 6) is 0.290. The maximum atomic E-state index is 10.8. The smallest absolute Gasteiger partial charge is 0.0776 e. The Morgan fingerprint density at radius 1 is 1.33 bits per heavy atom. The molecule has 2 aliphatic carbocycles. The van der Waals surface area contributed by atoms with Gasteiger partial charge in [-0.25, -0.2) is 0 Å². The zero-order valence-electron chi connectivity index (χ0n) is 11.6. The molecule has 2 rings (SSSR count). The van der Waals surface area contributed by atoms with Gasteiger partial charge in [0.15, 0.2) is 0 Å². The summed E-state index contributed by atoms with van der Waals surface area (Å²) in [7, 11) is 0. The predicted octanol–water partition coefficient (Wildman–Crippen LogP) is 3.26. The number of hydrogen-bond acceptors (Lipinski definition) is 2. The van der Waals surface area contributed by atoms with Crippen molar-refractivity contribution in [1.29, 1.82) is 0 Å². The number of aliphatic hydroxyl groups is 2. The molecular weight excluding hydrogens is 292 g/mol. The Morgan fingerprint density at radius 2 is 1.94 bits per heavy atom. The molecule has 2 saturated carbocycles. The zero-order valence-corrected chi connectivity index (χ0v) is 13.2. The third kappa shape index (κ3) is 2.08. The van der Waals surface area contributed by atoms with Crippen molar-refractivity contribution in [3.05, 3.63) is 12.2 Å². The van der Waals surface area contributed by atoms with E-state index in [9.17, 15) is 10.2 Å². The highest BCUT2D eigenvalue weighted by atomic mass is 79.9. The van der Waals surface area contributed by atoms with Crippen LogP contribution in [0.2, 0.25) is 0 Å². The maximum Gasteiger partial charge on any atom is 0.0776 e. The lowest BCUT2D eigenvalue weighted by Gasteiger charge is -2.51. The van der Waals surface area contributed by atoms with Crippen LogP contribution >= 0.6 is 15.9 Å². The Labute approximate surface area is 119 Å². The molecule has 0 saturated heterocycles. The molecule has 0 aromatic heterocycles. The third-order valence-electron chi connectivity index (χ3n) is 5.35. The van der Waals surface area contributed by atoms with Gasteiger partial charge in [-0.2, -0.15) is 0 Å². The second-order valence-corrected chi connectivity index (χ2v) is 7.95. The van der Waals surface area contributed by atoms with E-state index in [1.165, 1.54) is 0 Å². The average molecular weight is 317 g/mol. The van der Waals surface area contributed by atoms with Crippen LogP contribution in [-0.2, 0) is 0 Å². The summed E-state index contributed by atoms with van der Waals surface area (Å²) in [5, 5.41) is 21.1. The second kappa shape index (κ2) is 4.60. The van der Waals surface area contributed by atoms with Crippen molar-refractivity contribution in [3.8, 4) is 0 Å². The molecule has 0 spiro atoms. The van der Waals surface area contributed by atoms with E-state index in [4.69, 9.17) is 0 Å². The molecule has 0 aromatic carbocycles. The Morgan fingerprint density at radius 3 is 2.50 bits per heavy atom. The predicted molar refractivity (Wildman–Crippen MR) is 77.7 cm³/mol. The normalized spacial score (nSPS) is 49.8. The molecule has 2 fully saturated rings. The first-order valence-electron chi connectivity index (χ1n) is 6.90. The van der Waals surface area contributed by atoms with Gasteiger partial charge in [0.2, 0.25) is 0 Å². The van der Waals surface area contributed by atoms with Crippen molar-refractivity contribution >= 4 is 15.9 Å². The van der Waals surface area contributed by atoms with Gasteiger partial charge in [0, 0.05) is 4.83 Å². The minimum atomic E-state index is -0.670. The number of aliphatic hydroxyl groups excluding tert-OH is 1. The van der Waals surface area contributed by atoms with Crippen LogP contribution in [-0.4, -0.2) is 26.7 Å². The lowest BCUT2D eigenvalue weighted by Crippen LogP contribution is -2.54.